The van der Waals surface area contributed by atoms with Gasteiger partial charge >= 0.3 is 5.97 Å². The van der Waals surface area contributed by atoms with Gasteiger partial charge in [0.2, 0.25) is 0 Å². The van der Waals surface area contributed by atoms with Crippen molar-refractivity contribution in [2.45, 2.75) is 18.9 Å². The molecule has 3 N–H and O–H groups in total. The minimum atomic E-state index is -0.942. The topological polar surface area (TPSA) is 63.3 Å². The van der Waals surface area contributed by atoms with Crippen molar-refractivity contribution in [3.8, 4) is 0 Å². The predicted molar refractivity (Wildman–Crippen MR) is 58.1 cm³/mol. The molecule has 76 valence electrons. The number of benzene rings is 1. The third-order valence-electron chi connectivity index (χ3n) is 1.97. The van der Waals surface area contributed by atoms with Crippen molar-refractivity contribution >= 4 is 21.9 Å². The third-order valence-corrected chi connectivity index (χ3v) is 2.50. The van der Waals surface area contributed by atoms with Gasteiger partial charge in [-0.25, -0.2) is 0 Å². The number of nitrogens with two attached hydrogens (primary N) is 1. The molecule has 0 bridgehead atoms. The first-order chi connectivity index (χ1) is 6.59. The summed E-state index contributed by atoms with van der Waals surface area (Å²) in [5, 5.41) is 8.57. The summed E-state index contributed by atoms with van der Waals surface area (Å²) < 4.78 is 1.02. The second-order valence-electron chi connectivity index (χ2n) is 3.11. The second-order valence-corrected chi connectivity index (χ2v) is 4.03. The molecule has 0 saturated carbocycles. The van der Waals surface area contributed by atoms with Crippen molar-refractivity contribution in [2.75, 3.05) is 0 Å². The summed E-state index contributed by atoms with van der Waals surface area (Å²) in [4.78, 5) is 10.4. The summed E-state index contributed by atoms with van der Waals surface area (Å²) >= 11 is 3.33. The summed E-state index contributed by atoms with van der Waals surface area (Å²) in [6, 6.07) is 7.01. The molecular weight excluding hydrogens is 246 g/mol. The van der Waals surface area contributed by atoms with E-state index in [4.69, 9.17) is 10.8 Å². The first-order valence-electron chi connectivity index (χ1n) is 4.32. The van der Waals surface area contributed by atoms with Crippen LogP contribution < -0.4 is 5.73 Å². The zero-order valence-electron chi connectivity index (χ0n) is 7.61. The van der Waals surface area contributed by atoms with E-state index in [-0.39, 0.29) is 0 Å². The van der Waals surface area contributed by atoms with Gasteiger partial charge < -0.3 is 10.8 Å². The first-order valence-corrected chi connectivity index (χ1v) is 5.11. The van der Waals surface area contributed by atoms with Crippen LogP contribution in [-0.4, -0.2) is 17.1 Å². The van der Waals surface area contributed by atoms with Gasteiger partial charge in [-0.05, 0) is 30.5 Å². The monoisotopic (exact) mass is 257 g/mol. The maximum Gasteiger partial charge on any atom is 0.320 e. The Hall–Kier alpha value is -0.870. The van der Waals surface area contributed by atoms with Crippen LogP contribution in [0.15, 0.2) is 28.7 Å². The van der Waals surface area contributed by atoms with E-state index in [1.54, 1.807) is 0 Å². The number of aryl methyl sites for hydroxylation is 1. The zero-order valence-corrected chi connectivity index (χ0v) is 9.20. The Bertz CT molecular complexity index is 310. The van der Waals surface area contributed by atoms with Gasteiger partial charge in [0.05, 0.1) is 0 Å². The molecule has 1 unspecified atom stereocenters. The van der Waals surface area contributed by atoms with E-state index >= 15 is 0 Å². The molecule has 1 aromatic rings. The number of carbonyl (C=O) groups is 1. The van der Waals surface area contributed by atoms with Crippen molar-refractivity contribution in [2.24, 2.45) is 5.73 Å². The van der Waals surface area contributed by atoms with Crippen LogP contribution in [-0.2, 0) is 11.2 Å². The van der Waals surface area contributed by atoms with Gasteiger partial charge in [0.15, 0.2) is 0 Å². The minimum absolute atomic E-state index is 0.469. The van der Waals surface area contributed by atoms with Crippen molar-refractivity contribution < 1.29 is 9.90 Å². The molecular formula is C10H12BrNO2. The van der Waals surface area contributed by atoms with Crippen LogP contribution in [0.4, 0.5) is 0 Å². The van der Waals surface area contributed by atoms with Gasteiger partial charge in [-0.2, -0.15) is 0 Å². The number of carboxylic acid groups (broad SMARTS) is 1. The number of aliphatic carboxylic acids is 1. The molecule has 14 heavy (non-hydrogen) atoms. The van der Waals surface area contributed by atoms with Crippen molar-refractivity contribution in [3.63, 3.8) is 0 Å². The number of hydrogen-bond donors (Lipinski definition) is 2. The molecule has 0 saturated heterocycles. The SMILES string of the molecule is NC(CCc1ccc(Br)cc1)C(=O)O. The Morgan fingerprint density at radius 1 is 1.43 bits per heavy atom. The Labute approximate surface area is 91.1 Å². The fraction of sp³-hybridized carbons (Fsp3) is 0.300. The van der Waals surface area contributed by atoms with E-state index in [9.17, 15) is 4.79 Å². The summed E-state index contributed by atoms with van der Waals surface area (Å²) in [6.07, 6.45) is 1.16. The number of rotatable bonds is 4. The molecule has 0 aromatic heterocycles. The molecule has 0 aliphatic carbocycles. The van der Waals surface area contributed by atoms with Crippen molar-refractivity contribution in [1.29, 1.82) is 0 Å². The molecule has 0 radical (unpaired) electrons. The largest absolute Gasteiger partial charge is 0.480 e. The number of carboxylic acids is 1. The van der Waals surface area contributed by atoms with Crippen LogP contribution in [0.25, 0.3) is 0 Å². The smallest absolute Gasteiger partial charge is 0.320 e. The number of hydrogen-bond acceptors (Lipinski definition) is 2. The van der Waals surface area contributed by atoms with Crippen LogP contribution >= 0.6 is 15.9 Å². The Morgan fingerprint density at radius 3 is 2.50 bits per heavy atom. The third kappa shape index (κ3) is 3.47. The second kappa shape index (κ2) is 5.12. The average Bonchev–Trinajstić information content (AvgIpc) is 2.16. The summed E-state index contributed by atoms with van der Waals surface area (Å²) in [5.41, 5.74) is 6.49. The lowest BCUT2D eigenvalue weighted by Crippen LogP contribution is -2.30. The van der Waals surface area contributed by atoms with E-state index in [0.717, 1.165) is 10.0 Å². The van der Waals surface area contributed by atoms with E-state index in [1.807, 2.05) is 24.3 Å². The Morgan fingerprint density at radius 2 is 2.00 bits per heavy atom. The van der Waals surface area contributed by atoms with Gasteiger partial charge in [-0.15, -0.1) is 0 Å². The minimum Gasteiger partial charge on any atom is -0.480 e. The molecule has 0 aliphatic heterocycles. The van der Waals surface area contributed by atoms with Gasteiger partial charge in [-0.3, -0.25) is 4.79 Å². The van der Waals surface area contributed by atoms with E-state index in [2.05, 4.69) is 15.9 Å². The van der Waals surface area contributed by atoms with Crippen LogP contribution in [0.1, 0.15) is 12.0 Å². The van der Waals surface area contributed by atoms with Gasteiger partial charge in [0, 0.05) is 4.47 Å². The maximum atomic E-state index is 10.4. The normalized spacial score (nSPS) is 12.4. The van der Waals surface area contributed by atoms with Crippen LogP contribution in [0.5, 0.6) is 0 Å². The zero-order chi connectivity index (χ0) is 10.6. The quantitative estimate of drug-likeness (QED) is 0.865. The summed E-state index contributed by atoms with van der Waals surface area (Å²) in [5.74, 6) is -0.942. The molecule has 3 nitrogen and oxygen atoms in total. The Balaban J connectivity index is 2.46. The molecule has 4 heteroatoms. The molecule has 1 aromatic carbocycles. The first kappa shape index (κ1) is 11.2. The van der Waals surface area contributed by atoms with Crippen molar-refractivity contribution in [1.82, 2.24) is 0 Å². The van der Waals surface area contributed by atoms with Crippen LogP contribution in [0.2, 0.25) is 0 Å². The molecule has 0 aliphatic rings. The fourth-order valence-corrected chi connectivity index (χ4v) is 1.36. The lowest BCUT2D eigenvalue weighted by Gasteiger charge is -2.05. The Kier molecular flexibility index (Phi) is 4.10. The molecule has 0 spiro atoms. The highest BCUT2D eigenvalue weighted by Crippen LogP contribution is 2.12. The number of halogens is 1. The molecule has 1 rings (SSSR count). The van der Waals surface area contributed by atoms with Crippen LogP contribution in [0.3, 0.4) is 0 Å². The van der Waals surface area contributed by atoms with Gasteiger partial charge in [-0.1, -0.05) is 28.1 Å². The average molecular weight is 258 g/mol. The highest BCUT2D eigenvalue weighted by molar-refractivity contribution is 9.10. The molecule has 0 fully saturated rings. The van der Waals surface area contributed by atoms with Gasteiger partial charge in [0.25, 0.3) is 0 Å². The summed E-state index contributed by atoms with van der Waals surface area (Å²) in [7, 11) is 0. The molecule has 1 atom stereocenters. The lowest BCUT2D eigenvalue weighted by molar-refractivity contribution is -0.138. The highest BCUT2D eigenvalue weighted by Gasteiger charge is 2.10. The summed E-state index contributed by atoms with van der Waals surface area (Å²) in [6.45, 7) is 0. The van der Waals surface area contributed by atoms with E-state index < -0.39 is 12.0 Å². The van der Waals surface area contributed by atoms with Gasteiger partial charge in [0.1, 0.15) is 6.04 Å². The molecule has 0 amide bonds. The molecule has 0 heterocycles. The fourth-order valence-electron chi connectivity index (χ4n) is 1.10. The predicted octanol–water partition coefficient (Wildman–Crippen LogP) is 1.79. The standard InChI is InChI=1S/C10H12BrNO2/c11-8-4-1-7(2-5-8)3-6-9(12)10(13)14/h1-2,4-5,9H,3,6,12H2,(H,13,14). The highest BCUT2D eigenvalue weighted by atomic mass is 79.9. The van der Waals surface area contributed by atoms with E-state index in [0.29, 0.717) is 12.8 Å². The van der Waals surface area contributed by atoms with E-state index in [1.165, 1.54) is 0 Å². The lowest BCUT2D eigenvalue weighted by atomic mass is 10.1. The van der Waals surface area contributed by atoms with Crippen LogP contribution in [0, 0.1) is 0 Å². The maximum absolute atomic E-state index is 10.4. The van der Waals surface area contributed by atoms with Crippen molar-refractivity contribution in [3.05, 3.63) is 34.3 Å².